The van der Waals surface area contributed by atoms with Crippen LogP contribution in [0, 0.1) is 11.6 Å². The number of nitrogens with one attached hydrogen (secondary N) is 2. The van der Waals surface area contributed by atoms with E-state index in [1.54, 1.807) is 6.07 Å². The largest absolute Gasteiger partial charge is 0.364 e. The third kappa shape index (κ3) is 2.99. The lowest BCUT2D eigenvalue weighted by Gasteiger charge is -2.33. The molecule has 2 atom stereocenters. The summed E-state index contributed by atoms with van der Waals surface area (Å²) in [6, 6.07) is 5.11. The lowest BCUT2D eigenvalue weighted by Crippen LogP contribution is -2.50. The van der Waals surface area contributed by atoms with Gasteiger partial charge in [0.2, 0.25) is 0 Å². The number of halogens is 2. The maximum Gasteiger partial charge on any atom is 0.273 e. The molecule has 22 heavy (non-hydrogen) atoms. The van der Waals surface area contributed by atoms with Crippen LogP contribution >= 0.6 is 0 Å². The number of amides is 1. The van der Waals surface area contributed by atoms with Gasteiger partial charge in [0.15, 0.2) is 17.3 Å². The summed E-state index contributed by atoms with van der Waals surface area (Å²) in [5.74, 6) is -2.19. The highest BCUT2D eigenvalue weighted by Gasteiger charge is 2.29. The predicted molar refractivity (Wildman–Crippen MR) is 74.3 cm³/mol. The van der Waals surface area contributed by atoms with E-state index in [0.29, 0.717) is 12.1 Å². The molecule has 1 aliphatic heterocycles. The van der Waals surface area contributed by atoms with Crippen molar-refractivity contribution >= 4 is 5.91 Å². The minimum Gasteiger partial charge on any atom is -0.364 e. The molecule has 1 saturated heterocycles. The number of piperidine rings is 1. The molecular formula is C15H15F2N3O2. The average molecular weight is 307 g/mol. The molecule has 2 unspecified atom stereocenters. The number of carbonyl (C=O) groups is 1. The zero-order valence-corrected chi connectivity index (χ0v) is 11.7. The molecule has 1 aromatic carbocycles. The molecule has 2 aromatic rings. The highest BCUT2D eigenvalue weighted by Crippen LogP contribution is 2.27. The van der Waals surface area contributed by atoms with Gasteiger partial charge in [0, 0.05) is 24.6 Å². The first kappa shape index (κ1) is 14.6. The Morgan fingerprint density at radius 2 is 2.18 bits per heavy atom. The van der Waals surface area contributed by atoms with E-state index in [-0.39, 0.29) is 23.6 Å². The molecule has 1 fully saturated rings. The maximum atomic E-state index is 13.4. The summed E-state index contributed by atoms with van der Waals surface area (Å²) in [5.41, 5.74) is 0.862. The first-order valence-corrected chi connectivity index (χ1v) is 7.02. The van der Waals surface area contributed by atoms with Crippen LogP contribution in [0.2, 0.25) is 0 Å². The van der Waals surface area contributed by atoms with Crippen LogP contribution in [0.5, 0.6) is 0 Å². The summed E-state index contributed by atoms with van der Waals surface area (Å²) < 4.78 is 31.2. The van der Waals surface area contributed by atoms with Crippen LogP contribution in [0.15, 0.2) is 35.1 Å². The molecule has 2 heterocycles. The van der Waals surface area contributed by atoms with E-state index in [2.05, 4.69) is 20.3 Å². The Morgan fingerprint density at radius 1 is 1.32 bits per heavy atom. The molecule has 0 saturated carbocycles. The Morgan fingerprint density at radius 3 is 2.91 bits per heavy atom. The van der Waals surface area contributed by atoms with E-state index in [1.807, 2.05) is 0 Å². The van der Waals surface area contributed by atoms with Crippen LogP contribution in [0.1, 0.15) is 28.4 Å². The lowest BCUT2D eigenvalue weighted by atomic mass is 9.86. The molecule has 0 spiro atoms. The summed E-state index contributed by atoms with van der Waals surface area (Å²) in [7, 11) is 0. The molecule has 0 aliphatic carbocycles. The number of aromatic nitrogens is 1. The molecule has 1 aromatic heterocycles. The Balaban J connectivity index is 1.79. The van der Waals surface area contributed by atoms with E-state index >= 15 is 0 Å². The predicted octanol–water partition coefficient (Wildman–Crippen LogP) is 1.83. The summed E-state index contributed by atoms with van der Waals surface area (Å²) in [6.07, 6.45) is 2.04. The van der Waals surface area contributed by atoms with Crippen LogP contribution in [0.4, 0.5) is 8.78 Å². The second-order valence-electron chi connectivity index (χ2n) is 5.24. The SMILES string of the molecule is O=C(NC1CNCCC1c1ccc(F)c(F)c1)c1ccon1. The van der Waals surface area contributed by atoms with Gasteiger partial charge in [-0.1, -0.05) is 11.2 Å². The van der Waals surface area contributed by atoms with E-state index in [9.17, 15) is 13.6 Å². The van der Waals surface area contributed by atoms with Crippen LogP contribution in [-0.2, 0) is 0 Å². The number of carbonyl (C=O) groups excluding carboxylic acids is 1. The van der Waals surface area contributed by atoms with Gasteiger partial charge in [0.05, 0.1) is 0 Å². The quantitative estimate of drug-likeness (QED) is 0.908. The van der Waals surface area contributed by atoms with Crippen molar-refractivity contribution in [3.8, 4) is 0 Å². The first-order chi connectivity index (χ1) is 10.6. The summed E-state index contributed by atoms with van der Waals surface area (Å²) in [5, 5.41) is 9.64. The molecule has 0 radical (unpaired) electrons. The van der Waals surface area contributed by atoms with E-state index in [1.165, 1.54) is 18.4 Å². The molecule has 0 bridgehead atoms. The van der Waals surface area contributed by atoms with Crippen molar-refractivity contribution in [2.45, 2.75) is 18.4 Å². The minimum atomic E-state index is -0.877. The minimum absolute atomic E-state index is 0.0906. The van der Waals surface area contributed by atoms with Crippen molar-refractivity contribution in [2.24, 2.45) is 0 Å². The second kappa shape index (κ2) is 6.23. The fourth-order valence-electron chi connectivity index (χ4n) is 2.72. The van der Waals surface area contributed by atoms with Crippen LogP contribution in [-0.4, -0.2) is 30.2 Å². The Kier molecular flexibility index (Phi) is 4.15. The molecule has 116 valence electrons. The molecule has 7 heteroatoms. The van der Waals surface area contributed by atoms with Gasteiger partial charge in [-0.05, 0) is 30.7 Å². The Hall–Kier alpha value is -2.28. The van der Waals surface area contributed by atoms with Crippen molar-refractivity contribution in [1.29, 1.82) is 0 Å². The Bertz CT molecular complexity index is 661. The fourth-order valence-corrected chi connectivity index (χ4v) is 2.72. The second-order valence-corrected chi connectivity index (χ2v) is 5.24. The number of hydrogen-bond acceptors (Lipinski definition) is 4. The number of hydrogen-bond donors (Lipinski definition) is 2. The Labute approximate surface area is 125 Å². The standard InChI is InChI=1S/C15H15F2N3O2/c16-11-2-1-9(7-12(11)17)10-3-5-18-8-14(10)19-15(21)13-4-6-22-20-13/h1-2,4,6-7,10,14,18H,3,5,8H2,(H,19,21). The molecule has 3 rings (SSSR count). The molecule has 1 amide bonds. The van der Waals surface area contributed by atoms with Crippen molar-refractivity contribution in [3.63, 3.8) is 0 Å². The van der Waals surface area contributed by atoms with Crippen LogP contribution < -0.4 is 10.6 Å². The van der Waals surface area contributed by atoms with Gasteiger partial charge in [0.25, 0.3) is 5.91 Å². The van der Waals surface area contributed by atoms with Gasteiger partial charge < -0.3 is 15.2 Å². The lowest BCUT2D eigenvalue weighted by molar-refractivity contribution is 0.0915. The van der Waals surface area contributed by atoms with E-state index < -0.39 is 11.6 Å². The zero-order chi connectivity index (χ0) is 15.5. The normalized spacial score (nSPS) is 21.5. The third-order valence-corrected chi connectivity index (χ3v) is 3.84. The summed E-state index contributed by atoms with van der Waals surface area (Å²) in [4.78, 5) is 12.1. The molecular weight excluding hydrogens is 292 g/mol. The van der Waals surface area contributed by atoms with Crippen molar-refractivity contribution in [1.82, 2.24) is 15.8 Å². The third-order valence-electron chi connectivity index (χ3n) is 3.84. The van der Waals surface area contributed by atoms with Crippen LogP contribution in [0.25, 0.3) is 0 Å². The van der Waals surface area contributed by atoms with Crippen molar-refractivity contribution < 1.29 is 18.1 Å². The summed E-state index contributed by atoms with van der Waals surface area (Å²) >= 11 is 0. The smallest absolute Gasteiger partial charge is 0.273 e. The highest BCUT2D eigenvalue weighted by atomic mass is 19.2. The monoisotopic (exact) mass is 307 g/mol. The highest BCUT2D eigenvalue weighted by molar-refractivity contribution is 5.92. The fraction of sp³-hybridized carbons (Fsp3) is 0.333. The maximum absolute atomic E-state index is 13.4. The number of nitrogens with zero attached hydrogens (tertiary/aromatic N) is 1. The van der Waals surface area contributed by atoms with E-state index in [0.717, 1.165) is 19.0 Å². The molecule has 1 aliphatic rings. The van der Waals surface area contributed by atoms with Crippen molar-refractivity contribution in [2.75, 3.05) is 13.1 Å². The van der Waals surface area contributed by atoms with Gasteiger partial charge >= 0.3 is 0 Å². The topological polar surface area (TPSA) is 67.2 Å². The number of rotatable bonds is 3. The van der Waals surface area contributed by atoms with Crippen molar-refractivity contribution in [3.05, 3.63) is 53.4 Å². The summed E-state index contributed by atoms with van der Waals surface area (Å²) in [6.45, 7) is 1.30. The van der Waals surface area contributed by atoms with Crippen LogP contribution in [0.3, 0.4) is 0 Å². The molecule has 5 nitrogen and oxygen atoms in total. The average Bonchev–Trinajstić information content (AvgIpc) is 3.05. The zero-order valence-electron chi connectivity index (χ0n) is 11.7. The van der Waals surface area contributed by atoms with Gasteiger partial charge in [-0.15, -0.1) is 0 Å². The van der Waals surface area contributed by atoms with Gasteiger partial charge in [-0.3, -0.25) is 4.79 Å². The van der Waals surface area contributed by atoms with Gasteiger partial charge in [-0.2, -0.15) is 0 Å². The van der Waals surface area contributed by atoms with Gasteiger partial charge in [-0.25, -0.2) is 8.78 Å². The molecule has 2 N–H and O–H groups in total. The number of benzene rings is 1. The van der Waals surface area contributed by atoms with E-state index in [4.69, 9.17) is 0 Å². The first-order valence-electron chi connectivity index (χ1n) is 7.02. The van der Waals surface area contributed by atoms with Gasteiger partial charge in [0.1, 0.15) is 6.26 Å².